The summed E-state index contributed by atoms with van der Waals surface area (Å²) in [5.41, 5.74) is 7.97. The molecule has 0 bridgehead atoms. The molecule has 0 saturated heterocycles. The van der Waals surface area contributed by atoms with Crippen molar-refractivity contribution in [2.45, 2.75) is 31.7 Å². The fourth-order valence-electron chi connectivity index (χ4n) is 2.95. The van der Waals surface area contributed by atoms with Gasteiger partial charge in [0.25, 0.3) is 5.91 Å². The van der Waals surface area contributed by atoms with Crippen LogP contribution in [0.5, 0.6) is 0 Å². The van der Waals surface area contributed by atoms with Crippen LogP contribution in [0.4, 0.5) is 0 Å². The molecule has 1 heterocycles. The molecule has 1 aliphatic carbocycles. The number of nitrogens with one attached hydrogen (secondary N) is 2. The number of hydrogen-bond donors (Lipinski definition) is 3. The summed E-state index contributed by atoms with van der Waals surface area (Å²) in [5.74, 6) is 0.594. The lowest BCUT2D eigenvalue weighted by atomic mass is 9.86. The predicted octanol–water partition coefficient (Wildman–Crippen LogP) is 1.81. The summed E-state index contributed by atoms with van der Waals surface area (Å²) in [4.78, 5) is 19.6. The van der Waals surface area contributed by atoms with Gasteiger partial charge in [0.1, 0.15) is 5.52 Å². The van der Waals surface area contributed by atoms with Gasteiger partial charge in [0.05, 0.1) is 17.4 Å². The molecule has 2 aromatic rings. The van der Waals surface area contributed by atoms with E-state index in [1.807, 2.05) is 18.2 Å². The molecule has 1 aromatic heterocycles. The molecule has 1 saturated carbocycles. The van der Waals surface area contributed by atoms with Gasteiger partial charge < -0.3 is 16.0 Å². The Kier molecular flexibility index (Phi) is 3.69. The summed E-state index contributed by atoms with van der Waals surface area (Å²) in [6, 6.07) is 5.88. The summed E-state index contributed by atoms with van der Waals surface area (Å²) < 4.78 is 0. The highest BCUT2D eigenvalue weighted by molar-refractivity contribution is 6.04. The number of fused-ring (bicyclic) bond motifs is 1. The minimum Gasteiger partial charge on any atom is -0.349 e. The number of hydrogen-bond acceptors (Lipinski definition) is 3. The van der Waals surface area contributed by atoms with E-state index in [1.165, 1.54) is 0 Å². The average molecular weight is 272 g/mol. The van der Waals surface area contributed by atoms with E-state index in [9.17, 15) is 4.79 Å². The van der Waals surface area contributed by atoms with Crippen LogP contribution in [-0.2, 0) is 0 Å². The third kappa shape index (κ3) is 2.54. The highest BCUT2D eigenvalue weighted by atomic mass is 16.1. The van der Waals surface area contributed by atoms with Crippen molar-refractivity contribution in [2.24, 2.45) is 11.7 Å². The van der Waals surface area contributed by atoms with Crippen molar-refractivity contribution < 1.29 is 4.79 Å². The van der Waals surface area contributed by atoms with Gasteiger partial charge in [0.15, 0.2) is 0 Å². The first kappa shape index (κ1) is 13.1. The van der Waals surface area contributed by atoms with Gasteiger partial charge in [-0.3, -0.25) is 4.79 Å². The number of H-pyrrole nitrogens is 1. The number of carbonyl (C=O) groups excluding carboxylic acids is 1. The molecule has 0 atom stereocenters. The lowest BCUT2D eigenvalue weighted by Crippen LogP contribution is -2.38. The topological polar surface area (TPSA) is 83.8 Å². The van der Waals surface area contributed by atoms with Crippen LogP contribution in [0, 0.1) is 5.92 Å². The summed E-state index contributed by atoms with van der Waals surface area (Å²) >= 11 is 0. The third-order valence-corrected chi connectivity index (χ3v) is 4.21. The SMILES string of the molecule is NCC1CCC(NC(=O)c2cccc3[nH]cnc23)CC1. The Labute approximate surface area is 118 Å². The van der Waals surface area contributed by atoms with Gasteiger partial charge >= 0.3 is 0 Å². The van der Waals surface area contributed by atoms with Crippen molar-refractivity contribution in [3.8, 4) is 0 Å². The first-order valence-electron chi connectivity index (χ1n) is 7.21. The van der Waals surface area contributed by atoms with E-state index < -0.39 is 0 Å². The Morgan fingerprint density at radius 3 is 2.90 bits per heavy atom. The van der Waals surface area contributed by atoms with Crippen LogP contribution in [0.1, 0.15) is 36.0 Å². The molecule has 0 aliphatic heterocycles. The summed E-state index contributed by atoms with van der Waals surface area (Å²) in [7, 11) is 0. The summed E-state index contributed by atoms with van der Waals surface area (Å²) in [6.45, 7) is 0.757. The van der Waals surface area contributed by atoms with Crippen molar-refractivity contribution in [3.05, 3.63) is 30.1 Å². The largest absolute Gasteiger partial charge is 0.349 e. The number of nitrogens with zero attached hydrogens (tertiary/aromatic N) is 1. The highest BCUT2D eigenvalue weighted by Gasteiger charge is 2.22. The quantitative estimate of drug-likeness (QED) is 0.796. The minimum atomic E-state index is -0.0288. The number of aromatic amines is 1. The normalized spacial score (nSPS) is 22.9. The van der Waals surface area contributed by atoms with E-state index >= 15 is 0 Å². The van der Waals surface area contributed by atoms with E-state index in [4.69, 9.17) is 5.73 Å². The van der Waals surface area contributed by atoms with Crippen LogP contribution < -0.4 is 11.1 Å². The van der Waals surface area contributed by atoms with Gasteiger partial charge in [-0.05, 0) is 50.3 Å². The Morgan fingerprint density at radius 1 is 1.35 bits per heavy atom. The maximum atomic E-state index is 12.4. The third-order valence-electron chi connectivity index (χ3n) is 4.21. The molecule has 0 unspecified atom stereocenters. The molecule has 3 rings (SSSR count). The van der Waals surface area contributed by atoms with E-state index in [2.05, 4.69) is 15.3 Å². The standard InChI is InChI=1S/C15H20N4O/c16-8-10-4-6-11(7-5-10)19-15(20)12-2-1-3-13-14(12)18-9-17-13/h1-3,9-11H,4-8,16H2,(H,17,18)(H,19,20). The van der Waals surface area contributed by atoms with Gasteiger partial charge in [-0.25, -0.2) is 4.98 Å². The van der Waals surface area contributed by atoms with Gasteiger partial charge in [0.2, 0.25) is 0 Å². The van der Waals surface area contributed by atoms with Gasteiger partial charge in [0, 0.05) is 6.04 Å². The first-order valence-corrected chi connectivity index (χ1v) is 7.21. The zero-order valence-corrected chi connectivity index (χ0v) is 11.4. The van der Waals surface area contributed by atoms with Crippen LogP contribution in [0.3, 0.4) is 0 Å². The number of para-hydroxylation sites is 1. The maximum Gasteiger partial charge on any atom is 0.253 e. The number of benzene rings is 1. The zero-order valence-electron chi connectivity index (χ0n) is 11.4. The summed E-state index contributed by atoms with van der Waals surface area (Å²) in [6.07, 6.45) is 5.87. The molecule has 1 aromatic carbocycles. The Morgan fingerprint density at radius 2 is 2.15 bits per heavy atom. The molecule has 1 amide bonds. The van der Waals surface area contributed by atoms with Gasteiger partial charge in [-0.1, -0.05) is 6.07 Å². The molecule has 0 radical (unpaired) electrons. The maximum absolute atomic E-state index is 12.4. The second-order valence-corrected chi connectivity index (χ2v) is 5.53. The number of aromatic nitrogens is 2. The second-order valence-electron chi connectivity index (χ2n) is 5.53. The van der Waals surface area contributed by atoms with Crippen LogP contribution >= 0.6 is 0 Å². The van der Waals surface area contributed by atoms with E-state index in [0.717, 1.165) is 43.3 Å². The smallest absolute Gasteiger partial charge is 0.253 e. The molecular formula is C15H20N4O. The van der Waals surface area contributed by atoms with E-state index in [1.54, 1.807) is 6.33 Å². The van der Waals surface area contributed by atoms with Crippen LogP contribution in [0.2, 0.25) is 0 Å². The van der Waals surface area contributed by atoms with Crippen molar-refractivity contribution >= 4 is 16.9 Å². The Balaban J connectivity index is 1.69. The molecule has 4 N–H and O–H groups in total. The molecule has 5 heteroatoms. The monoisotopic (exact) mass is 272 g/mol. The van der Waals surface area contributed by atoms with Crippen molar-refractivity contribution in [1.29, 1.82) is 0 Å². The molecule has 1 fully saturated rings. The lowest BCUT2D eigenvalue weighted by Gasteiger charge is -2.28. The summed E-state index contributed by atoms with van der Waals surface area (Å²) in [5, 5.41) is 3.13. The Bertz CT molecular complexity index is 599. The molecule has 5 nitrogen and oxygen atoms in total. The minimum absolute atomic E-state index is 0.0288. The molecule has 0 spiro atoms. The lowest BCUT2D eigenvalue weighted by molar-refractivity contribution is 0.0924. The number of imidazole rings is 1. The first-order chi connectivity index (χ1) is 9.78. The number of amides is 1. The fraction of sp³-hybridized carbons (Fsp3) is 0.467. The molecule has 1 aliphatic rings. The molecule has 106 valence electrons. The van der Waals surface area contributed by atoms with Crippen molar-refractivity contribution in [2.75, 3.05) is 6.54 Å². The fourth-order valence-corrected chi connectivity index (χ4v) is 2.95. The van der Waals surface area contributed by atoms with E-state index in [-0.39, 0.29) is 11.9 Å². The number of nitrogens with two attached hydrogens (primary N) is 1. The van der Waals surface area contributed by atoms with Crippen LogP contribution in [-0.4, -0.2) is 28.5 Å². The van der Waals surface area contributed by atoms with Crippen LogP contribution in [0.25, 0.3) is 11.0 Å². The zero-order chi connectivity index (χ0) is 13.9. The number of carbonyl (C=O) groups is 1. The number of rotatable bonds is 3. The van der Waals surface area contributed by atoms with Gasteiger partial charge in [-0.15, -0.1) is 0 Å². The second kappa shape index (κ2) is 5.63. The highest BCUT2D eigenvalue weighted by Crippen LogP contribution is 2.24. The molecule has 20 heavy (non-hydrogen) atoms. The van der Waals surface area contributed by atoms with Crippen molar-refractivity contribution in [1.82, 2.24) is 15.3 Å². The predicted molar refractivity (Wildman–Crippen MR) is 78.4 cm³/mol. The Hall–Kier alpha value is -1.88. The van der Waals surface area contributed by atoms with E-state index in [0.29, 0.717) is 11.5 Å². The molecular weight excluding hydrogens is 252 g/mol. The van der Waals surface area contributed by atoms with Crippen molar-refractivity contribution in [3.63, 3.8) is 0 Å². The van der Waals surface area contributed by atoms with Gasteiger partial charge in [-0.2, -0.15) is 0 Å². The average Bonchev–Trinajstić information content (AvgIpc) is 2.96. The van der Waals surface area contributed by atoms with Crippen LogP contribution in [0.15, 0.2) is 24.5 Å².